The van der Waals surface area contributed by atoms with Crippen LogP contribution in [0.2, 0.25) is 0 Å². The molecule has 0 saturated heterocycles. The number of pyridine rings is 1. The maximum atomic E-state index is 13.8. The van der Waals surface area contributed by atoms with Crippen LogP contribution >= 0.6 is 0 Å². The van der Waals surface area contributed by atoms with Crippen molar-refractivity contribution in [1.29, 1.82) is 0 Å². The van der Waals surface area contributed by atoms with Gasteiger partial charge in [0.05, 0.1) is 16.9 Å². The number of halogens is 2. The summed E-state index contributed by atoms with van der Waals surface area (Å²) in [5, 5.41) is 2.99. The highest BCUT2D eigenvalue weighted by Crippen LogP contribution is 2.44. The first kappa shape index (κ1) is 22.0. The van der Waals surface area contributed by atoms with E-state index in [4.69, 9.17) is 0 Å². The molecule has 3 aromatic rings. The number of carbonyl (C=O) groups is 1. The maximum absolute atomic E-state index is 13.8. The molecule has 0 radical (unpaired) electrons. The van der Waals surface area contributed by atoms with E-state index in [9.17, 15) is 13.6 Å². The van der Waals surface area contributed by atoms with Crippen molar-refractivity contribution < 1.29 is 13.6 Å². The Kier molecular flexibility index (Phi) is 6.26. The summed E-state index contributed by atoms with van der Waals surface area (Å²) in [5.41, 5.74) is 3.19. The first-order valence-corrected chi connectivity index (χ1v) is 10.9. The van der Waals surface area contributed by atoms with E-state index in [1.807, 2.05) is 50.2 Å². The molecular weight excluding hydrogens is 410 g/mol. The molecule has 0 spiro atoms. The number of alkyl halides is 2. The second kappa shape index (κ2) is 9.10. The molecule has 0 atom stereocenters. The number of aromatic nitrogens is 3. The molecule has 1 aromatic carbocycles. The Morgan fingerprint density at radius 2 is 1.69 bits per heavy atom. The second-order valence-corrected chi connectivity index (χ2v) is 8.56. The first-order chi connectivity index (χ1) is 15.3. The van der Waals surface area contributed by atoms with Gasteiger partial charge in [0.1, 0.15) is 5.82 Å². The number of carbonyl (C=O) groups excluding carboxylic acids is 1. The van der Waals surface area contributed by atoms with E-state index in [1.54, 1.807) is 6.20 Å². The highest BCUT2D eigenvalue weighted by atomic mass is 19.3. The fraction of sp³-hybridized carbons (Fsp3) is 0.360. The van der Waals surface area contributed by atoms with Gasteiger partial charge in [0, 0.05) is 42.9 Å². The lowest BCUT2D eigenvalue weighted by Crippen LogP contribution is -2.25. The van der Waals surface area contributed by atoms with E-state index in [0.29, 0.717) is 35.6 Å². The molecule has 1 amide bonds. The third-order valence-electron chi connectivity index (χ3n) is 5.88. The van der Waals surface area contributed by atoms with Gasteiger partial charge in [-0.15, -0.1) is 0 Å². The molecule has 4 rings (SSSR count). The monoisotopic (exact) mass is 436 g/mol. The first-order valence-electron chi connectivity index (χ1n) is 10.9. The molecule has 1 aliphatic rings. The lowest BCUT2D eigenvalue weighted by molar-refractivity contribution is -0.0381. The van der Waals surface area contributed by atoms with Gasteiger partial charge in [-0.3, -0.25) is 9.78 Å². The van der Waals surface area contributed by atoms with Gasteiger partial charge >= 0.3 is 0 Å². The van der Waals surface area contributed by atoms with Crippen molar-refractivity contribution in [2.75, 3.05) is 5.32 Å². The van der Waals surface area contributed by atoms with Crippen LogP contribution in [0.5, 0.6) is 0 Å². The lowest BCUT2D eigenvalue weighted by Gasteiger charge is -2.30. The minimum absolute atomic E-state index is 0.0741. The molecule has 0 unspecified atom stereocenters. The number of hydrogen-bond donors (Lipinski definition) is 1. The smallest absolute Gasteiger partial charge is 0.258 e. The van der Waals surface area contributed by atoms with Crippen molar-refractivity contribution in [3.8, 4) is 11.3 Å². The van der Waals surface area contributed by atoms with E-state index in [0.717, 1.165) is 11.1 Å². The predicted octanol–water partition coefficient (Wildman–Crippen LogP) is 6.21. The van der Waals surface area contributed by atoms with E-state index >= 15 is 0 Å². The number of hydrogen-bond acceptors (Lipinski definition) is 4. The number of nitrogens with one attached hydrogen (secondary N) is 1. The quantitative estimate of drug-likeness (QED) is 0.516. The molecular formula is C25H26F2N4O. The van der Waals surface area contributed by atoms with Gasteiger partial charge in [-0.2, -0.15) is 0 Å². The molecule has 1 saturated carbocycles. The lowest BCUT2D eigenvalue weighted by atomic mass is 9.81. The van der Waals surface area contributed by atoms with Gasteiger partial charge in [-0.25, -0.2) is 18.7 Å². The van der Waals surface area contributed by atoms with Gasteiger partial charge in [-0.1, -0.05) is 44.2 Å². The van der Waals surface area contributed by atoms with Crippen molar-refractivity contribution in [2.24, 2.45) is 0 Å². The number of rotatable bonds is 5. The van der Waals surface area contributed by atoms with Crippen molar-refractivity contribution in [1.82, 2.24) is 15.0 Å². The van der Waals surface area contributed by atoms with Crippen LogP contribution in [0.3, 0.4) is 0 Å². The van der Waals surface area contributed by atoms with Crippen LogP contribution < -0.4 is 5.32 Å². The summed E-state index contributed by atoms with van der Waals surface area (Å²) in [6.45, 7) is 3.97. The number of benzene rings is 1. The Morgan fingerprint density at radius 1 is 1.03 bits per heavy atom. The number of nitrogens with zero attached hydrogens (tertiary/aromatic N) is 3. The molecule has 1 aliphatic carbocycles. The third-order valence-corrected chi connectivity index (χ3v) is 5.88. The summed E-state index contributed by atoms with van der Waals surface area (Å²) >= 11 is 0. The van der Waals surface area contributed by atoms with Crippen LogP contribution in [-0.4, -0.2) is 26.8 Å². The summed E-state index contributed by atoms with van der Waals surface area (Å²) < 4.78 is 27.5. The summed E-state index contributed by atoms with van der Waals surface area (Å²) in [6, 6.07) is 11.4. The molecule has 1 N–H and O–H groups in total. The largest absolute Gasteiger partial charge is 0.320 e. The molecule has 5 nitrogen and oxygen atoms in total. The van der Waals surface area contributed by atoms with Gasteiger partial charge in [0.15, 0.2) is 0 Å². The Balaban J connectivity index is 1.70. The van der Waals surface area contributed by atoms with E-state index in [1.165, 1.54) is 12.4 Å². The summed E-state index contributed by atoms with van der Waals surface area (Å²) in [5.74, 6) is -2.23. The van der Waals surface area contributed by atoms with Gasteiger partial charge in [-0.05, 0) is 30.4 Å². The van der Waals surface area contributed by atoms with Crippen LogP contribution in [0.4, 0.5) is 14.5 Å². The van der Waals surface area contributed by atoms with Crippen LogP contribution in [0, 0.1) is 0 Å². The van der Waals surface area contributed by atoms with Gasteiger partial charge in [0.2, 0.25) is 5.92 Å². The van der Waals surface area contributed by atoms with Crippen molar-refractivity contribution in [3.63, 3.8) is 0 Å². The zero-order valence-electron chi connectivity index (χ0n) is 18.2. The minimum atomic E-state index is -2.62. The fourth-order valence-corrected chi connectivity index (χ4v) is 4.05. The predicted molar refractivity (Wildman–Crippen MR) is 120 cm³/mol. The zero-order valence-corrected chi connectivity index (χ0v) is 18.2. The highest BCUT2D eigenvalue weighted by molar-refractivity contribution is 6.06. The molecule has 0 bridgehead atoms. The average molecular weight is 437 g/mol. The van der Waals surface area contributed by atoms with Crippen molar-refractivity contribution in [2.45, 2.75) is 57.3 Å². The molecule has 1 fully saturated rings. The topological polar surface area (TPSA) is 67.8 Å². The van der Waals surface area contributed by atoms with Gasteiger partial charge < -0.3 is 5.32 Å². The molecule has 0 aliphatic heterocycles. The van der Waals surface area contributed by atoms with Crippen molar-refractivity contribution in [3.05, 3.63) is 71.9 Å². The fourth-order valence-electron chi connectivity index (χ4n) is 4.05. The molecule has 166 valence electrons. The Bertz CT molecular complexity index is 1070. The van der Waals surface area contributed by atoms with E-state index < -0.39 is 5.92 Å². The van der Waals surface area contributed by atoms with Crippen LogP contribution in [0.15, 0.2) is 55.0 Å². The Hall–Kier alpha value is -3.22. The van der Waals surface area contributed by atoms with E-state index in [2.05, 4.69) is 20.3 Å². The second-order valence-electron chi connectivity index (χ2n) is 8.56. The number of amides is 1. The highest BCUT2D eigenvalue weighted by Gasteiger charge is 2.36. The Morgan fingerprint density at radius 3 is 2.31 bits per heavy atom. The minimum Gasteiger partial charge on any atom is -0.320 e. The standard InChI is InChI=1S/C25H26F2N4O/c1-16(2)23-29-14-19(15-30-23)24(32)31-22-20(17-8-11-25(26,27)12-9-17)10-13-28-21(22)18-6-4-3-5-7-18/h3-7,10,13-17H,8-9,11-12H2,1-2H3,(H,31,32). The SMILES string of the molecule is CC(C)c1ncc(C(=O)Nc2c(C3CCC(F)(F)CC3)ccnc2-c2ccccc2)cn1. The maximum Gasteiger partial charge on any atom is 0.258 e. The Labute approximate surface area is 186 Å². The summed E-state index contributed by atoms with van der Waals surface area (Å²) in [7, 11) is 0. The van der Waals surface area contributed by atoms with Crippen LogP contribution in [-0.2, 0) is 0 Å². The molecule has 32 heavy (non-hydrogen) atoms. The molecule has 2 aromatic heterocycles. The normalized spacial score (nSPS) is 16.2. The number of anilines is 1. The average Bonchev–Trinajstić information content (AvgIpc) is 2.80. The van der Waals surface area contributed by atoms with Gasteiger partial charge in [0.25, 0.3) is 5.91 Å². The van der Waals surface area contributed by atoms with Crippen LogP contribution in [0.1, 0.15) is 73.1 Å². The van der Waals surface area contributed by atoms with Crippen LogP contribution in [0.25, 0.3) is 11.3 Å². The van der Waals surface area contributed by atoms with Crippen molar-refractivity contribution >= 4 is 11.6 Å². The summed E-state index contributed by atoms with van der Waals surface area (Å²) in [4.78, 5) is 26.2. The summed E-state index contributed by atoms with van der Waals surface area (Å²) in [6.07, 6.45) is 5.12. The third kappa shape index (κ3) is 4.82. The zero-order chi connectivity index (χ0) is 22.7. The molecule has 2 heterocycles. The molecule has 7 heteroatoms. The van der Waals surface area contributed by atoms with E-state index in [-0.39, 0.29) is 30.6 Å².